The normalized spacial score (nSPS) is 19.3. The van der Waals surface area contributed by atoms with Crippen molar-refractivity contribution in [2.75, 3.05) is 46.9 Å². The molecule has 0 spiro atoms. The van der Waals surface area contributed by atoms with Gasteiger partial charge in [-0.3, -0.25) is 14.1 Å². The molecule has 0 saturated carbocycles. The molecular formula is C35H45F2N5O4S. The van der Waals surface area contributed by atoms with E-state index in [4.69, 9.17) is 9.47 Å². The summed E-state index contributed by atoms with van der Waals surface area (Å²) in [5.74, 6) is -0.411. The molecule has 0 radical (unpaired) electrons. The first-order valence-electron chi connectivity index (χ1n) is 16.2. The minimum Gasteiger partial charge on any atom is -0.444 e. The van der Waals surface area contributed by atoms with Crippen molar-refractivity contribution in [3.05, 3.63) is 59.5 Å². The van der Waals surface area contributed by atoms with Gasteiger partial charge >= 0.3 is 6.09 Å². The lowest BCUT2D eigenvalue weighted by atomic mass is 10.0. The third-order valence-electron chi connectivity index (χ3n) is 8.55. The highest BCUT2D eigenvalue weighted by atomic mass is 32.1. The van der Waals surface area contributed by atoms with Crippen molar-refractivity contribution >= 4 is 38.9 Å². The highest BCUT2D eigenvalue weighted by Gasteiger charge is 2.39. The van der Waals surface area contributed by atoms with Crippen molar-refractivity contribution in [3.8, 4) is 11.3 Å². The van der Waals surface area contributed by atoms with Gasteiger partial charge in [-0.15, -0.1) is 0 Å². The summed E-state index contributed by atoms with van der Waals surface area (Å²) in [5, 5.41) is 3.12. The Bertz CT molecular complexity index is 1680. The Hall–Kier alpha value is -3.45. The SMILES string of the molecule is CNCCCN1CCC(F)CC1.COC1CC(c2ccc(-c3cn4c(n3)sc3cc(C=O)ccc34)c(F)c2)N(C(=O)OC(C)(C)C)C1. The molecule has 1 amide bonds. The highest BCUT2D eigenvalue weighted by molar-refractivity contribution is 7.23. The molecule has 0 bridgehead atoms. The molecule has 1 N–H and O–H groups in total. The Morgan fingerprint density at radius 1 is 1.17 bits per heavy atom. The van der Waals surface area contributed by atoms with Crippen LogP contribution in [0.15, 0.2) is 42.6 Å². The number of nitrogens with one attached hydrogen (secondary N) is 1. The van der Waals surface area contributed by atoms with Crippen LogP contribution in [0.2, 0.25) is 0 Å². The third-order valence-corrected chi connectivity index (χ3v) is 9.57. The number of alkyl halides is 1. The number of methoxy groups -OCH3 is 1. The summed E-state index contributed by atoms with van der Waals surface area (Å²) in [7, 11) is 3.58. The zero-order valence-corrected chi connectivity index (χ0v) is 28.6. The van der Waals surface area contributed by atoms with E-state index in [2.05, 4.69) is 15.2 Å². The van der Waals surface area contributed by atoms with Crippen molar-refractivity contribution in [2.45, 2.75) is 70.4 Å². The minimum absolute atomic E-state index is 0.150. The maximum Gasteiger partial charge on any atom is 0.410 e. The van der Waals surface area contributed by atoms with Crippen LogP contribution in [0.25, 0.3) is 26.4 Å². The number of carbonyl (C=O) groups excluding carboxylic acids is 2. The molecule has 2 fully saturated rings. The van der Waals surface area contributed by atoms with E-state index in [9.17, 15) is 14.0 Å². The lowest BCUT2D eigenvalue weighted by Gasteiger charge is -2.28. The summed E-state index contributed by atoms with van der Waals surface area (Å²) in [6, 6.07) is 10.1. The summed E-state index contributed by atoms with van der Waals surface area (Å²) in [6.45, 7) is 9.92. The zero-order chi connectivity index (χ0) is 33.7. The number of nitrogens with zero attached hydrogens (tertiary/aromatic N) is 4. The minimum atomic E-state index is -0.630. The van der Waals surface area contributed by atoms with Gasteiger partial charge in [-0.2, -0.15) is 0 Å². The van der Waals surface area contributed by atoms with Crippen molar-refractivity contribution in [2.24, 2.45) is 0 Å². The van der Waals surface area contributed by atoms with E-state index < -0.39 is 23.7 Å². The molecule has 9 nitrogen and oxygen atoms in total. The van der Waals surface area contributed by atoms with E-state index in [1.165, 1.54) is 23.8 Å². The van der Waals surface area contributed by atoms with Gasteiger partial charge in [0.15, 0.2) is 4.96 Å². The fraction of sp³-hybridized carbons (Fsp3) is 0.514. The number of rotatable bonds is 8. The molecule has 2 aliphatic rings. The molecule has 2 atom stereocenters. The topological polar surface area (TPSA) is 88.4 Å². The molecule has 12 heteroatoms. The fourth-order valence-electron chi connectivity index (χ4n) is 6.08. The largest absolute Gasteiger partial charge is 0.444 e. The number of carbonyl (C=O) groups is 2. The summed E-state index contributed by atoms with van der Waals surface area (Å²) in [6.07, 6.45) is 4.69. The maximum absolute atomic E-state index is 15.4. The van der Waals surface area contributed by atoms with Crippen LogP contribution in [0.1, 0.15) is 68.4 Å². The summed E-state index contributed by atoms with van der Waals surface area (Å²) >= 11 is 1.45. The quantitative estimate of drug-likeness (QED) is 0.161. The number of likely N-dealkylation sites (tertiary alicyclic amines) is 2. The first kappa shape index (κ1) is 34.9. The first-order valence-corrected chi connectivity index (χ1v) is 17.0. The number of fused-ring (bicyclic) bond motifs is 3. The van der Waals surface area contributed by atoms with E-state index in [1.807, 2.05) is 50.4 Å². The van der Waals surface area contributed by atoms with Gasteiger partial charge in [0, 0.05) is 43.9 Å². The summed E-state index contributed by atoms with van der Waals surface area (Å²) in [5.41, 5.74) is 2.47. The number of hydrogen-bond acceptors (Lipinski definition) is 8. The molecule has 2 aromatic heterocycles. The molecule has 0 aliphatic carbocycles. The molecule has 6 rings (SSSR count). The molecule has 2 saturated heterocycles. The second-order valence-corrected chi connectivity index (χ2v) is 14.2. The van der Waals surface area contributed by atoms with Crippen molar-refractivity contribution < 1.29 is 27.8 Å². The van der Waals surface area contributed by atoms with Gasteiger partial charge < -0.3 is 19.7 Å². The maximum atomic E-state index is 15.4. The molecule has 2 aromatic carbocycles. The molecule has 4 aromatic rings. The summed E-state index contributed by atoms with van der Waals surface area (Å²) < 4.78 is 42.0. The second kappa shape index (κ2) is 15.2. The fourth-order valence-corrected chi connectivity index (χ4v) is 7.13. The number of halogens is 2. The van der Waals surface area contributed by atoms with E-state index in [1.54, 1.807) is 30.3 Å². The van der Waals surface area contributed by atoms with Gasteiger partial charge in [0.25, 0.3) is 0 Å². The van der Waals surface area contributed by atoms with Gasteiger partial charge in [-0.25, -0.2) is 18.6 Å². The smallest absolute Gasteiger partial charge is 0.410 e. The molecule has 2 unspecified atom stereocenters. The van der Waals surface area contributed by atoms with Crippen LogP contribution in [0.5, 0.6) is 0 Å². The first-order chi connectivity index (χ1) is 22.5. The average Bonchev–Trinajstić information content (AvgIpc) is 3.74. The number of amides is 1. The van der Waals surface area contributed by atoms with E-state index in [-0.39, 0.29) is 12.1 Å². The van der Waals surface area contributed by atoms with Crippen LogP contribution in [0.3, 0.4) is 0 Å². The lowest BCUT2D eigenvalue weighted by molar-refractivity contribution is 0.0194. The number of ether oxygens (including phenoxy) is 2. The zero-order valence-electron chi connectivity index (χ0n) is 27.8. The van der Waals surface area contributed by atoms with Crippen LogP contribution < -0.4 is 5.32 Å². The average molecular weight is 670 g/mol. The van der Waals surface area contributed by atoms with Gasteiger partial charge in [-0.1, -0.05) is 17.4 Å². The molecule has 4 heterocycles. The predicted molar refractivity (Wildman–Crippen MR) is 182 cm³/mol. The van der Waals surface area contributed by atoms with Crippen molar-refractivity contribution in [3.63, 3.8) is 0 Å². The number of piperidine rings is 1. The number of aromatic nitrogens is 2. The van der Waals surface area contributed by atoms with Gasteiger partial charge in [0.2, 0.25) is 0 Å². The number of thiazole rings is 1. The molecule has 2 aliphatic heterocycles. The third kappa shape index (κ3) is 8.53. The number of hydrogen-bond donors (Lipinski definition) is 1. The predicted octanol–water partition coefficient (Wildman–Crippen LogP) is 6.89. The van der Waals surface area contributed by atoms with Gasteiger partial charge in [0.1, 0.15) is 23.9 Å². The van der Waals surface area contributed by atoms with Crippen molar-refractivity contribution in [1.82, 2.24) is 24.5 Å². The van der Waals surface area contributed by atoms with Gasteiger partial charge in [-0.05, 0) is 96.1 Å². The van der Waals surface area contributed by atoms with Crippen molar-refractivity contribution in [1.29, 1.82) is 0 Å². The van der Waals surface area contributed by atoms with Crippen LogP contribution in [0.4, 0.5) is 13.6 Å². The van der Waals surface area contributed by atoms with Crippen LogP contribution in [-0.2, 0) is 9.47 Å². The lowest BCUT2D eigenvalue weighted by Crippen LogP contribution is -2.37. The number of imidazole rings is 1. The van der Waals surface area contributed by atoms with Crippen LogP contribution >= 0.6 is 11.3 Å². The monoisotopic (exact) mass is 669 g/mol. The van der Waals surface area contributed by atoms with E-state index in [0.717, 1.165) is 60.5 Å². The Balaban J connectivity index is 0.000000305. The van der Waals surface area contributed by atoms with E-state index >= 15 is 4.39 Å². The Kier molecular flexibility index (Phi) is 11.3. The second-order valence-electron chi connectivity index (χ2n) is 13.2. The Morgan fingerprint density at radius 3 is 2.60 bits per heavy atom. The molecular weight excluding hydrogens is 624 g/mol. The van der Waals surface area contributed by atoms with Gasteiger partial charge in [0.05, 0.1) is 34.6 Å². The molecule has 254 valence electrons. The molecule has 47 heavy (non-hydrogen) atoms. The number of aldehydes is 1. The summed E-state index contributed by atoms with van der Waals surface area (Å²) in [4.78, 5) is 33.2. The van der Waals surface area contributed by atoms with Crippen LogP contribution in [0, 0.1) is 5.82 Å². The highest BCUT2D eigenvalue weighted by Crippen LogP contribution is 2.37. The van der Waals surface area contributed by atoms with E-state index in [0.29, 0.717) is 35.3 Å². The Morgan fingerprint density at radius 2 is 1.94 bits per heavy atom. The Labute approximate surface area is 278 Å². The standard InChI is InChI=1S/C26H26FN3O4S.C9H19FN2/c1-26(2,3)34-25(32)30-12-17(33-4)11-22(30)16-6-7-18(19(27)10-16)20-13-29-21-8-5-15(14-31)9-23(21)35-24(29)28-20;1-11-5-2-6-12-7-3-9(10)4-8-12/h5-10,13-14,17,22H,11-12H2,1-4H3;9,11H,2-8H2,1H3. The number of benzene rings is 2. The van der Waals surface area contributed by atoms with Crippen LogP contribution in [-0.4, -0.2) is 96.3 Å².